The van der Waals surface area contributed by atoms with Crippen molar-refractivity contribution in [2.75, 3.05) is 32.7 Å². The monoisotopic (exact) mass is 310 g/mol. The fourth-order valence-electron chi connectivity index (χ4n) is 2.41. The summed E-state index contributed by atoms with van der Waals surface area (Å²) in [7, 11) is 0. The Kier molecular flexibility index (Phi) is 5.83. The molecular weight excluding hydrogens is 290 g/mol. The number of quaternary nitrogens is 1. The van der Waals surface area contributed by atoms with Crippen LogP contribution in [0.15, 0.2) is 36.9 Å². The Balaban J connectivity index is 1.79. The molecule has 0 amide bonds. The van der Waals surface area contributed by atoms with Crippen molar-refractivity contribution < 1.29 is 4.90 Å². The topological polar surface area (TPSA) is 19.7 Å². The molecule has 0 aromatic heterocycles. The van der Waals surface area contributed by atoms with Gasteiger partial charge in [0.1, 0.15) is 6.54 Å². The molecule has 1 fully saturated rings. The minimum Gasteiger partial charge on any atom is -0.359 e. The van der Waals surface area contributed by atoms with Crippen molar-refractivity contribution in [3.8, 4) is 0 Å². The van der Waals surface area contributed by atoms with E-state index in [9.17, 15) is 0 Å². The molecule has 1 aliphatic rings. The van der Waals surface area contributed by atoms with Crippen molar-refractivity contribution in [2.45, 2.75) is 6.54 Å². The lowest BCUT2D eigenvalue weighted by molar-refractivity contribution is -0.917. The van der Waals surface area contributed by atoms with Gasteiger partial charge in [0.2, 0.25) is 0 Å². The predicted molar refractivity (Wildman–Crippen MR) is 88.2 cm³/mol. The molecule has 1 saturated heterocycles. The zero-order chi connectivity index (χ0) is 14.4. The molecule has 0 atom stereocenters. The molecule has 0 saturated carbocycles. The Morgan fingerprint density at radius 3 is 2.85 bits per heavy atom. The third-order valence-corrected chi connectivity index (χ3v) is 4.14. The van der Waals surface area contributed by atoms with Gasteiger partial charge in [0.25, 0.3) is 0 Å². The van der Waals surface area contributed by atoms with Crippen molar-refractivity contribution in [3.05, 3.63) is 47.5 Å². The lowest BCUT2D eigenvalue weighted by atomic mass is 10.2. The van der Waals surface area contributed by atoms with Gasteiger partial charge in [-0.3, -0.25) is 0 Å². The second kappa shape index (κ2) is 7.62. The third-order valence-electron chi connectivity index (χ3n) is 3.50. The van der Waals surface area contributed by atoms with Crippen molar-refractivity contribution in [1.29, 1.82) is 0 Å². The van der Waals surface area contributed by atoms with Crippen molar-refractivity contribution >= 4 is 28.9 Å². The third kappa shape index (κ3) is 4.47. The summed E-state index contributed by atoms with van der Waals surface area (Å²) in [5.41, 5.74) is 1.30. The van der Waals surface area contributed by atoms with Gasteiger partial charge in [0, 0.05) is 17.1 Å². The summed E-state index contributed by atoms with van der Waals surface area (Å²) >= 11 is 11.4. The molecule has 1 aromatic carbocycles. The summed E-state index contributed by atoms with van der Waals surface area (Å²) in [5, 5.41) is 4.84. The van der Waals surface area contributed by atoms with E-state index in [0.717, 1.165) is 49.4 Å². The van der Waals surface area contributed by atoms with Gasteiger partial charge in [0.15, 0.2) is 5.11 Å². The molecule has 1 aliphatic heterocycles. The van der Waals surface area contributed by atoms with Crippen LogP contribution in [0.25, 0.3) is 0 Å². The zero-order valence-electron chi connectivity index (χ0n) is 11.6. The quantitative estimate of drug-likeness (QED) is 0.642. The van der Waals surface area contributed by atoms with E-state index in [0.29, 0.717) is 0 Å². The molecule has 0 radical (unpaired) electrons. The lowest BCUT2D eigenvalue weighted by Gasteiger charge is -2.33. The summed E-state index contributed by atoms with van der Waals surface area (Å²) in [6, 6.07) is 8.13. The summed E-state index contributed by atoms with van der Waals surface area (Å²) in [4.78, 5) is 3.82. The lowest BCUT2D eigenvalue weighted by Crippen LogP contribution is -3.13. The van der Waals surface area contributed by atoms with E-state index in [1.54, 1.807) is 4.90 Å². The molecular formula is C15H21ClN3S+. The van der Waals surface area contributed by atoms with Gasteiger partial charge in [-0.15, -0.1) is 6.58 Å². The number of hydrogen-bond acceptors (Lipinski definition) is 1. The Labute approximate surface area is 131 Å². The average Bonchev–Trinajstić information content (AvgIpc) is 2.45. The number of benzene rings is 1. The number of thiocarbonyl (C=S) groups is 1. The number of hydrogen-bond donors (Lipinski definition) is 2. The average molecular weight is 311 g/mol. The zero-order valence-corrected chi connectivity index (χ0v) is 13.1. The molecule has 0 bridgehead atoms. The Hall–Kier alpha value is -1.10. The van der Waals surface area contributed by atoms with Crippen LogP contribution in [0.4, 0.5) is 0 Å². The van der Waals surface area contributed by atoms with Crippen LogP contribution in [-0.2, 0) is 6.54 Å². The van der Waals surface area contributed by atoms with E-state index in [2.05, 4.69) is 28.9 Å². The van der Waals surface area contributed by atoms with Crippen molar-refractivity contribution in [1.82, 2.24) is 10.2 Å². The number of piperazine rings is 1. The van der Waals surface area contributed by atoms with Gasteiger partial charge in [0.05, 0.1) is 26.2 Å². The molecule has 0 spiro atoms. The molecule has 1 heterocycles. The van der Waals surface area contributed by atoms with E-state index in [-0.39, 0.29) is 0 Å². The van der Waals surface area contributed by atoms with E-state index in [1.807, 2.05) is 18.2 Å². The Morgan fingerprint density at radius 2 is 2.20 bits per heavy atom. The normalized spacial score (nSPS) is 15.9. The molecule has 5 heteroatoms. The standard InChI is InChI=1S/C15H20ClN3S/c1-2-6-17-15(20)19-9-7-18(8-10-19)12-13-4-3-5-14(16)11-13/h2-5,11H,1,6-10,12H2,(H,17,20)/p+1. The minimum absolute atomic E-state index is 0.731. The Morgan fingerprint density at radius 1 is 1.45 bits per heavy atom. The molecule has 0 aliphatic carbocycles. The molecule has 2 rings (SSSR count). The largest absolute Gasteiger partial charge is 0.359 e. The van der Waals surface area contributed by atoms with Gasteiger partial charge in [-0.05, 0) is 24.4 Å². The van der Waals surface area contributed by atoms with Crippen LogP contribution >= 0.6 is 23.8 Å². The minimum atomic E-state index is 0.731. The highest BCUT2D eigenvalue weighted by Crippen LogP contribution is 2.09. The highest BCUT2D eigenvalue weighted by Gasteiger charge is 2.21. The number of nitrogens with zero attached hydrogens (tertiary/aromatic N) is 1. The Bertz CT molecular complexity index is 470. The first-order valence-electron chi connectivity index (χ1n) is 6.90. The predicted octanol–water partition coefficient (Wildman–Crippen LogP) is 1.10. The van der Waals surface area contributed by atoms with Gasteiger partial charge in [-0.1, -0.05) is 29.8 Å². The summed E-state index contributed by atoms with van der Waals surface area (Å²) in [5.74, 6) is 0. The maximum atomic E-state index is 6.02. The molecule has 0 unspecified atom stereocenters. The van der Waals surface area contributed by atoms with Gasteiger partial charge < -0.3 is 15.1 Å². The second-order valence-corrected chi connectivity index (χ2v) is 5.84. The molecule has 1 aromatic rings. The molecule has 2 N–H and O–H groups in total. The van der Waals surface area contributed by atoms with Crippen molar-refractivity contribution in [3.63, 3.8) is 0 Å². The number of halogens is 1. The van der Waals surface area contributed by atoms with E-state index >= 15 is 0 Å². The van der Waals surface area contributed by atoms with Crippen LogP contribution in [0.1, 0.15) is 5.56 Å². The molecule has 108 valence electrons. The smallest absolute Gasteiger partial charge is 0.169 e. The van der Waals surface area contributed by atoms with E-state index < -0.39 is 0 Å². The highest BCUT2D eigenvalue weighted by molar-refractivity contribution is 7.80. The second-order valence-electron chi connectivity index (χ2n) is 5.02. The van der Waals surface area contributed by atoms with Crippen LogP contribution in [0.5, 0.6) is 0 Å². The SMILES string of the molecule is C=CCNC(=S)N1CC[NH+](Cc2cccc(Cl)c2)CC1. The van der Waals surface area contributed by atoms with Crippen LogP contribution in [-0.4, -0.2) is 42.7 Å². The first kappa shape index (κ1) is 15.3. The number of rotatable bonds is 4. The fraction of sp³-hybridized carbons (Fsp3) is 0.400. The fourth-order valence-corrected chi connectivity index (χ4v) is 2.89. The summed E-state index contributed by atoms with van der Waals surface area (Å²) < 4.78 is 0. The van der Waals surface area contributed by atoms with Crippen molar-refractivity contribution in [2.24, 2.45) is 0 Å². The highest BCUT2D eigenvalue weighted by atomic mass is 35.5. The molecule has 20 heavy (non-hydrogen) atoms. The first-order chi connectivity index (χ1) is 9.69. The van der Waals surface area contributed by atoms with Gasteiger partial charge in [-0.2, -0.15) is 0 Å². The van der Waals surface area contributed by atoms with E-state index in [4.69, 9.17) is 23.8 Å². The summed E-state index contributed by atoms with van der Waals surface area (Å²) in [6.07, 6.45) is 1.83. The van der Waals surface area contributed by atoms with E-state index in [1.165, 1.54) is 5.56 Å². The maximum Gasteiger partial charge on any atom is 0.169 e. The van der Waals surface area contributed by atoms with Crippen LogP contribution in [0, 0.1) is 0 Å². The van der Waals surface area contributed by atoms with Gasteiger partial charge in [-0.25, -0.2) is 0 Å². The van der Waals surface area contributed by atoms with Crippen LogP contribution in [0.3, 0.4) is 0 Å². The van der Waals surface area contributed by atoms with Crippen LogP contribution in [0.2, 0.25) is 5.02 Å². The number of nitrogens with one attached hydrogen (secondary N) is 2. The van der Waals surface area contributed by atoms with Crippen LogP contribution < -0.4 is 10.2 Å². The first-order valence-corrected chi connectivity index (χ1v) is 7.69. The maximum absolute atomic E-state index is 6.02. The molecule has 3 nitrogen and oxygen atoms in total. The summed E-state index contributed by atoms with van der Waals surface area (Å²) in [6.45, 7) is 9.64. The van der Waals surface area contributed by atoms with Gasteiger partial charge >= 0.3 is 0 Å².